The summed E-state index contributed by atoms with van der Waals surface area (Å²) in [7, 11) is 4.34. The summed E-state index contributed by atoms with van der Waals surface area (Å²) in [6.45, 7) is 0.155. The summed E-state index contributed by atoms with van der Waals surface area (Å²) in [6.07, 6.45) is 6.47. The smallest absolute Gasteiger partial charge is 0.242 e. The van der Waals surface area contributed by atoms with E-state index >= 15 is 0 Å². The number of allylic oxidation sites excluding steroid dienone is 1. The van der Waals surface area contributed by atoms with Crippen LogP contribution in [0.4, 0.5) is 5.69 Å². The average Bonchev–Trinajstić information content (AvgIpc) is 2.95. The number of nitrogens with zero attached hydrogens (tertiary/aromatic N) is 1. The molecule has 0 aliphatic heterocycles. The molecule has 1 aliphatic carbocycles. The van der Waals surface area contributed by atoms with Crippen LogP contribution >= 0.6 is 0 Å². The molecule has 0 bridgehead atoms. The lowest BCUT2D eigenvalue weighted by molar-refractivity contribution is 0.430. The monoisotopic (exact) mass is 469 g/mol. The van der Waals surface area contributed by atoms with Gasteiger partial charge in [0.25, 0.3) is 0 Å². The van der Waals surface area contributed by atoms with Crippen molar-refractivity contribution in [2.45, 2.75) is 32.1 Å². The summed E-state index contributed by atoms with van der Waals surface area (Å²) in [6, 6.07) is 42.4. The minimum atomic E-state index is 0.155. The lowest BCUT2D eigenvalue weighted by Gasteiger charge is -2.33. The molecule has 0 aromatic heterocycles. The van der Waals surface area contributed by atoms with Gasteiger partial charge in [0.05, 0.1) is 0 Å². The van der Waals surface area contributed by atoms with Crippen molar-refractivity contribution in [3.8, 4) is 0 Å². The van der Waals surface area contributed by atoms with Gasteiger partial charge < -0.3 is 4.90 Å². The number of anilines is 1. The van der Waals surface area contributed by atoms with Gasteiger partial charge in [0, 0.05) is 25.3 Å². The van der Waals surface area contributed by atoms with Gasteiger partial charge in [0.2, 0.25) is 6.71 Å². The number of rotatable bonds is 7. The molecule has 4 aromatic carbocycles. The summed E-state index contributed by atoms with van der Waals surface area (Å²) in [5.74, 6) is 0.546. The summed E-state index contributed by atoms with van der Waals surface area (Å²) < 4.78 is 0. The molecule has 36 heavy (non-hydrogen) atoms. The van der Waals surface area contributed by atoms with E-state index in [0.717, 1.165) is 0 Å². The first kappa shape index (κ1) is 24.2. The van der Waals surface area contributed by atoms with E-state index in [0.29, 0.717) is 5.92 Å². The second-order valence-corrected chi connectivity index (χ2v) is 10.2. The van der Waals surface area contributed by atoms with Gasteiger partial charge in [-0.1, -0.05) is 145 Å². The van der Waals surface area contributed by atoms with Gasteiger partial charge >= 0.3 is 0 Å². The number of hydrogen-bond donors (Lipinski definition) is 0. The highest BCUT2D eigenvalue weighted by atomic mass is 15.1. The average molecular weight is 469 g/mol. The first-order valence-corrected chi connectivity index (χ1v) is 13.4. The number of hydrogen-bond acceptors (Lipinski definition) is 1. The zero-order valence-corrected chi connectivity index (χ0v) is 21.6. The van der Waals surface area contributed by atoms with E-state index in [9.17, 15) is 0 Å². The Kier molecular flexibility index (Phi) is 7.71. The van der Waals surface area contributed by atoms with Gasteiger partial charge in [-0.15, -0.1) is 0 Å². The normalized spacial score (nSPS) is 14.7. The SMILES string of the molecule is CN(C)c1ccccc1/C(=C(\B(c1ccccc1)c1ccccc1)c1ccccc1)C1CCCCC1. The second-order valence-electron chi connectivity index (χ2n) is 10.2. The summed E-state index contributed by atoms with van der Waals surface area (Å²) >= 11 is 0. The molecule has 1 saturated carbocycles. The van der Waals surface area contributed by atoms with Gasteiger partial charge in [-0.3, -0.25) is 0 Å². The predicted molar refractivity (Wildman–Crippen MR) is 159 cm³/mol. The van der Waals surface area contributed by atoms with E-state index in [4.69, 9.17) is 0 Å². The van der Waals surface area contributed by atoms with Crippen molar-refractivity contribution in [1.29, 1.82) is 0 Å². The van der Waals surface area contributed by atoms with Gasteiger partial charge in [-0.05, 0) is 36.0 Å². The fourth-order valence-electron chi connectivity index (χ4n) is 5.98. The molecule has 1 fully saturated rings. The lowest BCUT2D eigenvalue weighted by Crippen LogP contribution is -2.44. The van der Waals surface area contributed by atoms with E-state index in [2.05, 4.69) is 134 Å². The number of para-hydroxylation sites is 1. The molecule has 0 amide bonds. The molecular weight excluding hydrogens is 433 g/mol. The van der Waals surface area contributed by atoms with E-state index in [1.54, 1.807) is 0 Å². The predicted octanol–water partition coefficient (Wildman–Crippen LogP) is 7.09. The molecular formula is C34H36BN. The Labute approximate surface area is 217 Å². The first-order chi connectivity index (χ1) is 17.7. The Balaban J connectivity index is 1.89. The summed E-state index contributed by atoms with van der Waals surface area (Å²) in [4.78, 5) is 2.28. The lowest BCUT2D eigenvalue weighted by atomic mass is 9.34. The van der Waals surface area contributed by atoms with Gasteiger partial charge in [-0.2, -0.15) is 0 Å². The van der Waals surface area contributed by atoms with Crippen molar-refractivity contribution in [2.75, 3.05) is 19.0 Å². The molecule has 0 saturated heterocycles. The fraction of sp³-hybridized carbons (Fsp3) is 0.235. The molecule has 0 heterocycles. The highest BCUT2D eigenvalue weighted by Gasteiger charge is 2.32. The van der Waals surface area contributed by atoms with Crippen molar-refractivity contribution in [3.63, 3.8) is 0 Å². The second kappa shape index (κ2) is 11.5. The Morgan fingerprint density at radius 3 is 1.67 bits per heavy atom. The van der Waals surface area contributed by atoms with Crippen LogP contribution in [0.15, 0.2) is 115 Å². The van der Waals surface area contributed by atoms with Crippen LogP contribution in [0.3, 0.4) is 0 Å². The van der Waals surface area contributed by atoms with Gasteiger partial charge in [-0.25, -0.2) is 0 Å². The fourth-order valence-corrected chi connectivity index (χ4v) is 5.98. The largest absolute Gasteiger partial charge is 0.377 e. The third-order valence-electron chi connectivity index (χ3n) is 7.62. The maximum Gasteiger partial charge on any atom is 0.242 e. The molecule has 0 spiro atoms. The molecule has 0 unspecified atom stereocenters. The Morgan fingerprint density at radius 2 is 1.11 bits per heavy atom. The van der Waals surface area contributed by atoms with E-state index in [1.165, 1.54) is 70.9 Å². The zero-order chi connectivity index (χ0) is 24.7. The van der Waals surface area contributed by atoms with Crippen LogP contribution in [0, 0.1) is 5.92 Å². The van der Waals surface area contributed by atoms with Crippen molar-refractivity contribution in [3.05, 3.63) is 126 Å². The number of benzene rings is 4. The summed E-state index contributed by atoms with van der Waals surface area (Å²) in [5, 5.41) is 0. The zero-order valence-electron chi connectivity index (χ0n) is 21.6. The summed E-state index contributed by atoms with van der Waals surface area (Å²) in [5.41, 5.74) is 9.68. The topological polar surface area (TPSA) is 3.24 Å². The van der Waals surface area contributed by atoms with Crippen LogP contribution in [0.25, 0.3) is 11.0 Å². The molecule has 0 atom stereocenters. The maximum atomic E-state index is 2.36. The van der Waals surface area contributed by atoms with Gasteiger partial charge in [0.1, 0.15) is 0 Å². The molecule has 1 aliphatic rings. The van der Waals surface area contributed by atoms with Crippen molar-refractivity contribution in [1.82, 2.24) is 0 Å². The third kappa shape index (κ3) is 5.19. The van der Waals surface area contributed by atoms with Crippen LogP contribution in [-0.2, 0) is 0 Å². The highest BCUT2D eigenvalue weighted by molar-refractivity contribution is 7.00. The Bertz CT molecular complexity index is 1230. The maximum absolute atomic E-state index is 2.36. The van der Waals surface area contributed by atoms with E-state index in [-0.39, 0.29) is 6.71 Å². The van der Waals surface area contributed by atoms with Crippen LogP contribution in [0.5, 0.6) is 0 Å². The standard InChI is InChI=1S/C34H36BN/c1-36(2)32-26-16-15-25-31(32)33(27-17-7-3-8-18-27)34(28-19-9-4-10-20-28)35(29-21-11-5-12-22-29)30-23-13-6-14-24-30/h4-6,9-16,19-27H,3,7-8,17-18H2,1-2H3/b34-33-. The van der Waals surface area contributed by atoms with E-state index < -0.39 is 0 Å². The van der Waals surface area contributed by atoms with Crippen LogP contribution in [0.2, 0.25) is 0 Å². The van der Waals surface area contributed by atoms with E-state index in [1.807, 2.05) is 0 Å². The molecule has 5 rings (SSSR count). The highest BCUT2D eigenvalue weighted by Crippen LogP contribution is 2.43. The molecule has 0 N–H and O–H groups in total. The van der Waals surface area contributed by atoms with Gasteiger partial charge in [0.15, 0.2) is 0 Å². The molecule has 4 aromatic rings. The van der Waals surface area contributed by atoms with Crippen molar-refractivity contribution in [2.24, 2.45) is 5.92 Å². The molecule has 180 valence electrons. The molecule has 0 radical (unpaired) electrons. The minimum Gasteiger partial charge on any atom is -0.377 e. The van der Waals surface area contributed by atoms with Crippen molar-refractivity contribution >= 4 is 34.4 Å². The molecule has 1 nitrogen and oxygen atoms in total. The van der Waals surface area contributed by atoms with Crippen LogP contribution in [0.1, 0.15) is 43.2 Å². The van der Waals surface area contributed by atoms with Crippen molar-refractivity contribution < 1.29 is 0 Å². The Hall–Kier alpha value is -3.52. The molecule has 2 heteroatoms. The van der Waals surface area contributed by atoms with Crippen LogP contribution in [-0.4, -0.2) is 20.8 Å². The first-order valence-electron chi connectivity index (χ1n) is 13.4. The Morgan fingerprint density at radius 1 is 0.611 bits per heavy atom. The van der Waals surface area contributed by atoms with Crippen LogP contribution < -0.4 is 15.8 Å². The minimum absolute atomic E-state index is 0.155. The third-order valence-corrected chi connectivity index (χ3v) is 7.62. The quantitative estimate of drug-likeness (QED) is 0.206.